The Labute approximate surface area is 86.9 Å². The van der Waals surface area contributed by atoms with Gasteiger partial charge in [-0.3, -0.25) is 9.89 Å². The minimum atomic E-state index is -0.352. The number of hydrogen-bond donors (Lipinski definition) is 2. The van der Waals surface area contributed by atoms with E-state index in [4.69, 9.17) is 5.73 Å². The van der Waals surface area contributed by atoms with Crippen molar-refractivity contribution in [3.05, 3.63) is 5.82 Å². The fraction of sp³-hybridized carbons (Fsp3) is 0.625. The van der Waals surface area contributed by atoms with Crippen LogP contribution in [0.4, 0.5) is 0 Å². The van der Waals surface area contributed by atoms with Crippen molar-refractivity contribution in [3.8, 4) is 0 Å². The molecule has 0 spiro atoms. The Morgan fingerprint density at radius 3 is 3.07 bits per heavy atom. The van der Waals surface area contributed by atoms with Gasteiger partial charge in [0.2, 0.25) is 11.1 Å². The van der Waals surface area contributed by atoms with Gasteiger partial charge in [-0.15, -0.1) is 5.10 Å². The molecule has 0 aliphatic carbocycles. The summed E-state index contributed by atoms with van der Waals surface area (Å²) in [6, 6.07) is 0. The van der Waals surface area contributed by atoms with Crippen molar-refractivity contribution in [1.82, 2.24) is 15.2 Å². The van der Waals surface area contributed by atoms with Gasteiger partial charge in [0.1, 0.15) is 5.82 Å². The highest BCUT2D eigenvalue weighted by molar-refractivity contribution is 7.99. The Kier molecular flexibility index (Phi) is 4.45. The first-order valence-corrected chi connectivity index (χ1v) is 5.53. The summed E-state index contributed by atoms with van der Waals surface area (Å²) in [5, 5.41) is 7.38. The number of amides is 1. The number of carbonyl (C=O) groups is 1. The van der Waals surface area contributed by atoms with Crippen LogP contribution in [0.5, 0.6) is 0 Å². The van der Waals surface area contributed by atoms with Crippen LogP contribution in [0, 0.1) is 0 Å². The van der Waals surface area contributed by atoms with Crippen LogP contribution < -0.4 is 5.73 Å². The van der Waals surface area contributed by atoms with Crippen molar-refractivity contribution in [2.24, 2.45) is 5.73 Å². The zero-order valence-corrected chi connectivity index (χ0v) is 8.93. The van der Waals surface area contributed by atoms with E-state index in [2.05, 4.69) is 22.1 Å². The molecule has 1 aromatic rings. The summed E-state index contributed by atoms with van der Waals surface area (Å²) in [5.41, 5.74) is 5.00. The number of nitrogens with one attached hydrogen (secondary N) is 1. The first kappa shape index (κ1) is 11.0. The molecule has 0 radical (unpaired) electrons. The Hall–Kier alpha value is -1.04. The van der Waals surface area contributed by atoms with E-state index in [0.29, 0.717) is 5.16 Å². The molecular weight excluding hydrogens is 200 g/mol. The molecule has 14 heavy (non-hydrogen) atoms. The number of unbranched alkanes of at least 4 members (excludes halogenated alkanes) is 1. The quantitative estimate of drug-likeness (QED) is 0.683. The van der Waals surface area contributed by atoms with Crippen LogP contribution in [-0.4, -0.2) is 26.8 Å². The third-order valence-electron chi connectivity index (χ3n) is 1.62. The lowest BCUT2D eigenvalue weighted by Crippen LogP contribution is -2.13. The first-order valence-electron chi connectivity index (χ1n) is 4.54. The third-order valence-corrected chi connectivity index (χ3v) is 2.49. The summed E-state index contributed by atoms with van der Waals surface area (Å²) in [5.74, 6) is 0.749. The topological polar surface area (TPSA) is 84.7 Å². The second kappa shape index (κ2) is 5.64. The van der Waals surface area contributed by atoms with Crippen molar-refractivity contribution in [2.75, 3.05) is 5.75 Å². The number of aromatic amines is 1. The average molecular weight is 214 g/mol. The van der Waals surface area contributed by atoms with Gasteiger partial charge in [-0.1, -0.05) is 25.1 Å². The SMILES string of the molecule is CCCCc1nc(SCC(N)=O)n[nH]1. The van der Waals surface area contributed by atoms with Crippen molar-refractivity contribution < 1.29 is 4.79 Å². The molecule has 1 amide bonds. The normalized spacial score (nSPS) is 10.4. The molecule has 0 aliphatic rings. The standard InChI is InChI=1S/C8H14N4OS/c1-2-3-4-7-10-8(12-11-7)14-5-6(9)13/h2-5H2,1H3,(H2,9,13)(H,10,11,12). The molecule has 6 heteroatoms. The van der Waals surface area contributed by atoms with Gasteiger partial charge < -0.3 is 5.73 Å². The zero-order chi connectivity index (χ0) is 10.4. The number of nitrogens with zero attached hydrogens (tertiary/aromatic N) is 2. The molecule has 5 nitrogen and oxygen atoms in total. The number of primary amides is 1. The van der Waals surface area contributed by atoms with E-state index in [1.165, 1.54) is 11.8 Å². The van der Waals surface area contributed by atoms with Crippen molar-refractivity contribution in [2.45, 2.75) is 31.3 Å². The number of hydrogen-bond acceptors (Lipinski definition) is 4. The van der Waals surface area contributed by atoms with Gasteiger partial charge in [-0.2, -0.15) is 0 Å². The Morgan fingerprint density at radius 2 is 2.43 bits per heavy atom. The van der Waals surface area contributed by atoms with Crippen molar-refractivity contribution >= 4 is 17.7 Å². The number of H-pyrrole nitrogens is 1. The van der Waals surface area contributed by atoms with E-state index in [1.54, 1.807) is 0 Å². The average Bonchev–Trinajstić information content (AvgIpc) is 2.59. The van der Waals surface area contributed by atoms with E-state index in [9.17, 15) is 4.79 Å². The first-order chi connectivity index (χ1) is 6.72. The maximum Gasteiger partial charge on any atom is 0.227 e. The lowest BCUT2D eigenvalue weighted by Gasteiger charge is -1.91. The van der Waals surface area contributed by atoms with Crippen LogP contribution in [0.3, 0.4) is 0 Å². The lowest BCUT2D eigenvalue weighted by molar-refractivity contribution is -0.115. The third kappa shape index (κ3) is 3.78. The van der Waals surface area contributed by atoms with Gasteiger partial charge in [0.25, 0.3) is 0 Å². The van der Waals surface area contributed by atoms with E-state index in [0.717, 1.165) is 25.1 Å². The molecule has 1 heterocycles. The Bertz CT molecular complexity index is 299. The molecule has 1 rings (SSSR count). The monoisotopic (exact) mass is 214 g/mol. The fourth-order valence-electron chi connectivity index (χ4n) is 0.934. The predicted molar refractivity (Wildman–Crippen MR) is 54.9 cm³/mol. The molecule has 0 saturated carbocycles. The highest BCUT2D eigenvalue weighted by atomic mass is 32.2. The van der Waals surface area contributed by atoms with E-state index in [1.807, 2.05) is 0 Å². The number of carbonyl (C=O) groups excluding carboxylic acids is 1. The fourth-order valence-corrected chi connectivity index (χ4v) is 1.49. The Balaban J connectivity index is 2.38. The van der Waals surface area contributed by atoms with Gasteiger partial charge in [-0.25, -0.2) is 4.98 Å². The second-order valence-electron chi connectivity index (χ2n) is 2.92. The van der Waals surface area contributed by atoms with Crippen molar-refractivity contribution in [3.63, 3.8) is 0 Å². The molecule has 0 saturated heterocycles. The van der Waals surface area contributed by atoms with Crippen LogP contribution in [0.15, 0.2) is 5.16 Å². The number of aryl methyl sites for hydroxylation is 1. The van der Waals surface area contributed by atoms with Gasteiger partial charge >= 0.3 is 0 Å². The van der Waals surface area contributed by atoms with E-state index >= 15 is 0 Å². The zero-order valence-electron chi connectivity index (χ0n) is 8.12. The number of nitrogens with two attached hydrogens (primary N) is 1. The van der Waals surface area contributed by atoms with Crippen LogP contribution >= 0.6 is 11.8 Å². The van der Waals surface area contributed by atoms with Crippen LogP contribution in [0.25, 0.3) is 0 Å². The van der Waals surface area contributed by atoms with Gasteiger partial charge in [0.05, 0.1) is 5.75 Å². The molecule has 1 aromatic heterocycles. The summed E-state index contributed by atoms with van der Waals surface area (Å²) >= 11 is 1.25. The van der Waals surface area contributed by atoms with Gasteiger partial charge in [0, 0.05) is 6.42 Å². The molecule has 0 fully saturated rings. The second-order valence-corrected chi connectivity index (χ2v) is 3.87. The summed E-state index contributed by atoms with van der Waals surface area (Å²) < 4.78 is 0. The van der Waals surface area contributed by atoms with Crippen LogP contribution in [0.1, 0.15) is 25.6 Å². The molecule has 3 N–H and O–H groups in total. The Morgan fingerprint density at radius 1 is 1.64 bits per heavy atom. The number of aromatic nitrogens is 3. The number of rotatable bonds is 6. The van der Waals surface area contributed by atoms with Gasteiger partial charge in [-0.05, 0) is 6.42 Å². The van der Waals surface area contributed by atoms with Crippen LogP contribution in [0.2, 0.25) is 0 Å². The van der Waals surface area contributed by atoms with E-state index < -0.39 is 0 Å². The molecule has 0 unspecified atom stereocenters. The maximum absolute atomic E-state index is 10.5. The molecule has 0 aromatic carbocycles. The van der Waals surface area contributed by atoms with E-state index in [-0.39, 0.29) is 11.7 Å². The number of thioether (sulfide) groups is 1. The lowest BCUT2D eigenvalue weighted by atomic mass is 10.2. The predicted octanol–water partition coefficient (Wildman–Crippen LogP) is 0.725. The maximum atomic E-state index is 10.5. The summed E-state index contributed by atoms with van der Waals surface area (Å²) in [4.78, 5) is 14.7. The molecular formula is C8H14N4OS. The van der Waals surface area contributed by atoms with Crippen LogP contribution in [-0.2, 0) is 11.2 Å². The summed E-state index contributed by atoms with van der Waals surface area (Å²) in [7, 11) is 0. The summed E-state index contributed by atoms with van der Waals surface area (Å²) in [6.07, 6.45) is 3.13. The van der Waals surface area contributed by atoms with Crippen molar-refractivity contribution in [1.29, 1.82) is 0 Å². The molecule has 0 aliphatic heterocycles. The smallest absolute Gasteiger partial charge is 0.227 e. The largest absolute Gasteiger partial charge is 0.369 e. The summed E-state index contributed by atoms with van der Waals surface area (Å²) in [6.45, 7) is 2.12. The minimum Gasteiger partial charge on any atom is -0.369 e. The molecule has 0 atom stereocenters. The highest BCUT2D eigenvalue weighted by Crippen LogP contribution is 2.11. The molecule has 0 bridgehead atoms. The molecule has 78 valence electrons. The van der Waals surface area contributed by atoms with Gasteiger partial charge in [0.15, 0.2) is 0 Å². The highest BCUT2D eigenvalue weighted by Gasteiger charge is 2.04. The minimum absolute atomic E-state index is 0.227.